The standard InChI is InChI=1S/C31H34F4N4O3/c32-30-23(10-6-13-26(30)31(33,34)35)11-7-14-28(40)39(20-29(41)38-17-5-4-12-24(36)19-38)27-16-15-25(18-37-27)42-21-22-8-2-1-3-9-22/h1-3,6,8-10,13,15-16,18,24H,4-5,7,11-12,14,17,19-21,36H2. The Morgan fingerprint density at radius 3 is 2.55 bits per heavy atom. The molecule has 2 heterocycles. The van der Waals surface area contributed by atoms with Gasteiger partial charge in [0.25, 0.3) is 0 Å². The number of ether oxygens (including phenoxy) is 1. The molecule has 0 saturated carbocycles. The first-order valence-electron chi connectivity index (χ1n) is 13.9. The average molecular weight is 587 g/mol. The number of aryl methyl sites for hydroxylation is 1. The summed E-state index contributed by atoms with van der Waals surface area (Å²) in [7, 11) is 0. The van der Waals surface area contributed by atoms with Crippen molar-refractivity contribution in [2.75, 3.05) is 24.5 Å². The lowest BCUT2D eigenvalue weighted by atomic mass is 10.0. The summed E-state index contributed by atoms with van der Waals surface area (Å²) in [5.74, 6) is -1.38. The Kier molecular flexibility index (Phi) is 10.5. The summed E-state index contributed by atoms with van der Waals surface area (Å²) < 4.78 is 59.5. The van der Waals surface area contributed by atoms with Crippen molar-refractivity contribution >= 4 is 17.6 Å². The number of benzene rings is 2. The summed E-state index contributed by atoms with van der Waals surface area (Å²) in [6, 6.07) is 15.7. The van der Waals surface area contributed by atoms with Crippen LogP contribution in [0.4, 0.5) is 23.4 Å². The lowest BCUT2D eigenvalue weighted by molar-refractivity contribution is -0.140. The molecule has 1 aliphatic heterocycles. The molecule has 2 aromatic carbocycles. The molecule has 0 bridgehead atoms. The van der Waals surface area contributed by atoms with Gasteiger partial charge in [-0.2, -0.15) is 13.2 Å². The molecule has 4 rings (SSSR count). The van der Waals surface area contributed by atoms with Gasteiger partial charge in [-0.1, -0.05) is 48.9 Å². The lowest BCUT2D eigenvalue weighted by Crippen LogP contribution is -2.46. The second-order valence-electron chi connectivity index (χ2n) is 10.3. The molecule has 2 N–H and O–H groups in total. The number of rotatable bonds is 10. The first-order valence-corrected chi connectivity index (χ1v) is 13.9. The highest BCUT2D eigenvalue weighted by atomic mass is 19.4. The van der Waals surface area contributed by atoms with E-state index in [1.165, 1.54) is 17.2 Å². The van der Waals surface area contributed by atoms with Gasteiger partial charge in [-0.25, -0.2) is 9.37 Å². The number of halogens is 4. The van der Waals surface area contributed by atoms with Crippen molar-refractivity contribution in [1.82, 2.24) is 9.88 Å². The second-order valence-corrected chi connectivity index (χ2v) is 10.3. The van der Waals surface area contributed by atoms with Crippen LogP contribution in [-0.4, -0.2) is 47.4 Å². The van der Waals surface area contributed by atoms with E-state index in [9.17, 15) is 27.2 Å². The van der Waals surface area contributed by atoms with Gasteiger partial charge in [0, 0.05) is 25.6 Å². The number of carbonyl (C=O) groups excluding carboxylic acids is 2. The fourth-order valence-corrected chi connectivity index (χ4v) is 4.85. The molecule has 1 aromatic heterocycles. The Morgan fingerprint density at radius 1 is 1.05 bits per heavy atom. The molecule has 224 valence electrons. The highest BCUT2D eigenvalue weighted by Gasteiger charge is 2.34. The van der Waals surface area contributed by atoms with Crippen LogP contribution in [0.1, 0.15) is 48.8 Å². The SMILES string of the molecule is NC1CCCCN(C(=O)CN(C(=O)CCCc2cccc(C(F)(F)F)c2F)c2ccc(OCc3ccccc3)cn2)C1. The monoisotopic (exact) mass is 586 g/mol. The van der Waals surface area contributed by atoms with E-state index in [0.717, 1.165) is 30.9 Å². The van der Waals surface area contributed by atoms with Crippen LogP contribution in [0.15, 0.2) is 66.9 Å². The van der Waals surface area contributed by atoms with Crippen LogP contribution in [-0.2, 0) is 28.8 Å². The molecule has 11 heteroatoms. The largest absolute Gasteiger partial charge is 0.487 e. The number of carbonyl (C=O) groups is 2. The van der Waals surface area contributed by atoms with E-state index >= 15 is 0 Å². The van der Waals surface area contributed by atoms with E-state index in [4.69, 9.17) is 10.5 Å². The van der Waals surface area contributed by atoms with E-state index in [1.807, 2.05) is 30.3 Å². The number of nitrogens with zero attached hydrogens (tertiary/aromatic N) is 3. The maximum Gasteiger partial charge on any atom is 0.419 e. The summed E-state index contributed by atoms with van der Waals surface area (Å²) in [6.07, 6.45) is -0.957. The van der Waals surface area contributed by atoms with Crippen LogP contribution in [0, 0.1) is 5.82 Å². The minimum absolute atomic E-state index is 0.0780. The number of aromatic nitrogens is 1. The number of nitrogens with two attached hydrogens (primary N) is 1. The van der Waals surface area contributed by atoms with Crippen molar-refractivity contribution in [3.8, 4) is 5.75 Å². The van der Waals surface area contributed by atoms with Crippen LogP contribution in [0.2, 0.25) is 0 Å². The Hall–Kier alpha value is -3.99. The Balaban J connectivity index is 1.46. The molecule has 42 heavy (non-hydrogen) atoms. The molecule has 0 spiro atoms. The zero-order valence-corrected chi connectivity index (χ0v) is 23.2. The predicted molar refractivity (Wildman–Crippen MR) is 150 cm³/mol. The quantitative estimate of drug-likeness (QED) is 0.317. The highest BCUT2D eigenvalue weighted by molar-refractivity contribution is 5.98. The van der Waals surface area contributed by atoms with E-state index in [1.54, 1.807) is 17.0 Å². The van der Waals surface area contributed by atoms with E-state index < -0.39 is 23.5 Å². The average Bonchev–Trinajstić information content (AvgIpc) is 3.20. The fraction of sp³-hybridized carbons (Fsp3) is 0.387. The van der Waals surface area contributed by atoms with Crippen molar-refractivity contribution in [1.29, 1.82) is 0 Å². The van der Waals surface area contributed by atoms with Gasteiger partial charge in [-0.3, -0.25) is 14.5 Å². The Bertz CT molecular complexity index is 1340. The van der Waals surface area contributed by atoms with Gasteiger partial charge in [0.2, 0.25) is 11.8 Å². The van der Waals surface area contributed by atoms with Gasteiger partial charge in [-0.15, -0.1) is 0 Å². The third-order valence-electron chi connectivity index (χ3n) is 7.12. The number of likely N-dealkylation sites (tertiary alicyclic amines) is 1. The third kappa shape index (κ3) is 8.51. The number of amides is 2. The summed E-state index contributed by atoms with van der Waals surface area (Å²) in [4.78, 5) is 33.9. The van der Waals surface area contributed by atoms with Crippen LogP contribution < -0.4 is 15.4 Å². The zero-order chi connectivity index (χ0) is 30.1. The number of alkyl halides is 3. The van der Waals surface area contributed by atoms with E-state index in [0.29, 0.717) is 31.5 Å². The van der Waals surface area contributed by atoms with Crippen LogP contribution in [0.25, 0.3) is 0 Å². The van der Waals surface area contributed by atoms with Crippen LogP contribution >= 0.6 is 0 Å². The molecular weight excluding hydrogens is 552 g/mol. The molecule has 0 radical (unpaired) electrons. The van der Waals surface area contributed by atoms with Crippen molar-refractivity contribution < 1.29 is 31.9 Å². The fourth-order valence-electron chi connectivity index (χ4n) is 4.85. The molecule has 2 amide bonds. The summed E-state index contributed by atoms with van der Waals surface area (Å²) in [5, 5.41) is 0. The maximum atomic E-state index is 14.5. The maximum absolute atomic E-state index is 14.5. The van der Waals surface area contributed by atoms with Gasteiger partial charge in [0.05, 0.1) is 11.8 Å². The van der Waals surface area contributed by atoms with E-state index in [2.05, 4.69) is 4.98 Å². The molecule has 1 unspecified atom stereocenters. The minimum atomic E-state index is -4.81. The van der Waals surface area contributed by atoms with Crippen molar-refractivity contribution in [2.45, 2.75) is 57.3 Å². The summed E-state index contributed by atoms with van der Waals surface area (Å²) in [6.45, 7) is 0.962. The summed E-state index contributed by atoms with van der Waals surface area (Å²) in [5.41, 5.74) is 5.62. The topological polar surface area (TPSA) is 88.8 Å². The van der Waals surface area contributed by atoms with Gasteiger partial charge >= 0.3 is 6.18 Å². The van der Waals surface area contributed by atoms with Crippen LogP contribution in [0.5, 0.6) is 5.75 Å². The molecule has 7 nitrogen and oxygen atoms in total. The van der Waals surface area contributed by atoms with Gasteiger partial charge < -0.3 is 15.4 Å². The van der Waals surface area contributed by atoms with Gasteiger partial charge in [0.15, 0.2) is 0 Å². The normalized spacial score (nSPS) is 15.6. The lowest BCUT2D eigenvalue weighted by Gasteiger charge is -2.27. The molecule has 1 aliphatic rings. The van der Waals surface area contributed by atoms with Gasteiger partial charge in [-0.05, 0) is 55.0 Å². The van der Waals surface area contributed by atoms with E-state index in [-0.39, 0.29) is 49.1 Å². The van der Waals surface area contributed by atoms with Crippen molar-refractivity contribution in [3.63, 3.8) is 0 Å². The number of hydrogen-bond acceptors (Lipinski definition) is 5. The third-order valence-corrected chi connectivity index (χ3v) is 7.12. The Labute approximate surface area is 242 Å². The van der Waals surface area contributed by atoms with Crippen LogP contribution in [0.3, 0.4) is 0 Å². The molecular formula is C31H34F4N4O3. The molecule has 1 atom stereocenters. The number of pyridine rings is 1. The first kappa shape index (κ1) is 31.0. The zero-order valence-electron chi connectivity index (χ0n) is 23.2. The predicted octanol–water partition coefficient (Wildman–Crippen LogP) is 5.51. The number of hydrogen-bond donors (Lipinski definition) is 1. The smallest absolute Gasteiger partial charge is 0.419 e. The second kappa shape index (κ2) is 14.3. The summed E-state index contributed by atoms with van der Waals surface area (Å²) >= 11 is 0. The first-order chi connectivity index (χ1) is 20.1. The van der Waals surface area contributed by atoms with Gasteiger partial charge in [0.1, 0.15) is 30.5 Å². The van der Waals surface area contributed by atoms with Crippen molar-refractivity contribution in [3.05, 3.63) is 89.4 Å². The minimum Gasteiger partial charge on any atom is -0.487 e. The van der Waals surface area contributed by atoms with Crippen molar-refractivity contribution in [2.24, 2.45) is 5.73 Å². The molecule has 0 aliphatic carbocycles. The molecule has 1 fully saturated rings. The highest BCUT2D eigenvalue weighted by Crippen LogP contribution is 2.32. The Morgan fingerprint density at radius 2 is 1.83 bits per heavy atom. The molecule has 3 aromatic rings. The molecule has 1 saturated heterocycles. The number of anilines is 1.